The molecule has 1 saturated heterocycles. The van der Waals surface area contributed by atoms with E-state index in [-0.39, 0.29) is 5.76 Å². The summed E-state index contributed by atoms with van der Waals surface area (Å²) >= 11 is 1.13. The van der Waals surface area contributed by atoms with Gasteiger partial charge < -0.3 is 23.6 Å². The van der Waals surface area contributed by atoms with E-state index in [0.29, 0.717) is 30.8 Å². The van der Waals surface area contributed by atoms with Crippen molar-refractivity contribution in [3.63, 3.8) is 0 Å². The maximum absolute atomic E-state index is 12.9. The molecule has 2 aliphatic heterocycles. The van der Waals surface area contributed by atoms with Crippen LogP contribution < -0.4 is 4.72 Å². The van der Waals surface area contributed by atoms with Crippen molar-refractivity contribution in [2.24, 2.45) is 0 Å². The molecule has 6 rings (SSSR count). The molecule has 3 aromatic rings. The monoisotopic (exact) mass is 514 g/mol. The molecule has 0 bridgehead atoms. The third-order valence-electron chi connectivity index (χ3n) is 7.87. The average molecular weight is 515 g/mol. The van der Waals surface area contributed by atoms with Gasteiger partial charge in [0.2, 0.25) is 0 Å². The Hall–Kier alpha value is -3.26. The summed E-state index contributed by atoms with van der Waals surface area (Å²) in [7, 11) is 1.59. The minimum Gasteiger partial charge on any atom is -0.507 e. The van der Waals surface area contributed by atoms with Crippen molar-refractivity contribution in [2.75, 3.05) is 31.5 Å². The van der Waals surface area contributed by atoms with Gasteiger partial charge in [0.05, 0.1) is 12.7 Å². The van der Waals surface area contributed by atoms with Crippen molar-refractivity contribution < 1.29 is 18.8 Å². The van der Waals surface area contributed by atoms with Crippen LogP contribution >= 0.6 is 12.2 Å². The average Bonchev–Trinajstić information content (AvgIpc) is 3.36. The Morgan fingerprint density at radius 3 is 2.38 bits per heavy atom. The molecule has 1 aliphatic carbocycles. The summed E-state index contributed by atoms with van der Waals surface area (Å²) in [4.78, 5) is 15.3. The second-order valence-electron chi connectivity index (χ2n) is 9.97. The highest BCUT2D eigenvalue weighted by atomic mass is 32.2. The van der Waals surface area contributed by atoms with E-state index in [1.165, 1.54) is 22.3 Å². The Labute approximate surface area is 221 Å². The normalized spacial score (nSPS) is 18.7. The number of aliphatic hydroxyl groups excluding tert-OH is 1. The van der Waals surface area contributed by atoms with Crippen LogP contribution in [-0.4, -0.2) is 48.3 Å². The van der Waals surface area contributed by atoms with Gasteiger partial charge in [-0.3, -0.25) is 0 Å². The lowest BCUT2D eigenvalue weighted by Gasteiger charge is -2.39. The molecule has 0 saturated carbocycles. The van der Waals surface area contributed by atoms with E-state index in [1.807, 2.05) is 24.3 Å². The van der Waals surface area contributed by atoms with Gasteiger partial charge in [-0.2, -0.15) is 0 Å². The lowest BCUT2D eigenvalue weighted by Crippen LogP contribution is -2.47. The molecule has 3 aromatic carbocycles. The third kappa shape index (κ3) is 4.41. The smallest absolute Gasteiger partial charge is 0.338 e. The molecule has 190 valence electrons. The first-order chi connectivity index (χ1) is 18.1. The van der Waals surface area contributed by atoms with Crippen LogP contribution in [0.15, 0.2) is 84.1 Å². The fourth-order valence-corrected chi connectivity index (χ4v) is 6.31. The van der Waals surface area contributed by atoms with Gasteiger partial charge in [0, 0.05) is 50.5 Å². The van der Waals surface area contributed by atoms with Crippen molar-refractivity contribution in [3.8, 4) is 11.1 Å². The SMILES string of the molecule is COSNc1cccc(CC2=C(O)C3(CCN(CC4c5ccccc5-c5ccccc54)CC3)OC2=O)c1. The predicted molar refractivity (Wildman–Crippen MR) is 146 cm³/mol. The number of aliphatic hydroxyl groups is 1. The molecule has 0 aromatic heterocycles. The minimum absolute atomic E-state index is 0.110. The first-order valence-corrected chi connectivity index (χ1v) is 13.4. The first-order valence-electron chi connectivity index (χ1n) is 12.7. The van der Waals surface area contributed by atoms with Gasteiger partial charge in [0.1, 0.15) is 18.0 Å². The molecular weight excluding hydrogens is 484 g/mol. The van der Waals surface area contributed by atoms with E-state index < -0.39 is 11.6 Å². The van der Waals surface area contributed by atoms with Crippen LogP contribution in [0.5, 0.6) is 0 Å². The summed E-state index contributed by atoms with van der Waals surface area (Å²) in [6, 6.07) is 25.1. The zero-order valence-corrected chi connectivity index (χ0v) is 21.6. The van der Waals surface area contributed by atoms with Crippen LogP contribution in [0, 0.1) is 0 Å². The number of hydrogen-bond donors (Lipinski definition) is 2. The van der Waals surface area contributed by atoms with Gasteiger partial charge in [-0.1, -0.05) is 60.7 Å². The third-order valence-corrected chi connectivity index (χ3v) is 8.36. The number of carbonyl (C=O) groups is 1. The van der Waals surface area contributed by atoms with Crippen molar-refractivity contribution in [2.45, 2.75) is 30.8 Å². The van der Waals surface area contributed by atoms with Gasteiger partial charge in [-0.05, 0) is 39.9 Å². The molecule has 0 amide bonds. The summed E-state index contributed by atoms with van der Waals surface area (Å²) < 4.78 is 14.0. The van der Waals surface area contributed by atoms with Crippen molar-refractivity contribution >= 4 is 23.9 Å². The number of nitrogens with one attached hydrogen (secondary N) is 1. The van der Waals surface area contributed by atoms with Gasteiger partial charge in [-0.15, -0.1) is 0 Å². The van der Waals surface area contributed by atoms with Crippen molar-refractivity contribution in [1.29, 1.82) is 0 Å². The number of nitrogens with zero attached hydrogens (tertiary/aromatic N) is 1. The van der Waals surface area contributed by atoms with Gasteiger partial charge in [0.25, 0.3) is 0 Å². The van der Waals surface area contributed by atoms with Crippen molar-refractivity contribution in [1.82, 2.24) is 4.90 Å². The lowest BCUT2D eigenvalue weighted by molar-refractivity contribution is -0.152. The number of benzene rings is 3. The lowest BCUT2D eigenvalue weighted by atomic mass is 9.87. The maximum atomic E-state index is 12.9. The molecule has 0 atom stereocenters. The number of anilines is 1. The number of ether oxygens (including phenoxy) is 1. The first kappa shape index (κ1) is 24.1. The molecular formula is C30H30N2O4S. The fourth-order valence-electron chi connectivity index (χ4n) is 6.00. The molecule has 1 fully saturated rings. The summed E-state index contributed by atoms with van der Waals surface area (Å²) in [6.45, 7) is 2.44. The Morgan fingerprint density at radius 1 is 1.03 bits per heavy atom. The molecule has 3 aliphatic rings. The Balaban J connectivity index is 1.16. The molecule has 7 heteroatoms. The fraction of sp³-hybridized carbons (Fsp3) is 0.300. The molecule has 0 radical (unpaired) electrons. The van der Waals surface area contributed by atoms with Crippen LogP contribution in [0.3, 0.4) is 0 Å². The van der Waals surface area contributed by atoms with E-state index in [4.69, 9.17) is 8.92 Å². The van der Waals surface area contributed by atoms with Crippen LogP contribution in [-0.2, 0) is 20.1 Å². The molecule has 1 spiro atoms. The Bertz CT molecular complexity index is 1320. The minimum atomic E-state index is -0.907. The van der Waals surface area contributed by atoms with E-state index >= 15 is 0 Å². The quantitative estimate of drug-likeness (QED) is 0.232. The van der Waals surface area contributed by atoms with Gasteiger partial charge >= 0.3 is 5.97 Å². The van der Waals surface area contributed by atoms with Crippen LogP contribution in [0.4, 0.5) is 5.69 Å². The zero-order chi connectivity index (χ0) is 25.4. The number of rotatable bonds is 7. The molecule has 2 heterocycles. The summed E-state index contributed by atoms with van der Waals surface area (Å²) in [6.07, 6.45) is 1.52. The highest BCUT2D eigenvalue weighted by Gasteiger charge is 2.50. The molecule has 6 nitrogen and oxygen atoms in total. The zero-order valence-electron chi connectivity index (χ0n) is 20.8. The van der Waals surface area contributed by atoms with Gasteiger partial charge in [0.15, 0.2) is 5.60 Å². The molecule has 37 heavy (non-hydrogen) atoms. The van der Waals surface area contributed by atoms with Crippen molar-refractivity contribution in [3.05, 3.63) is 101 Å². The largest absolute Gasteiger partial charge is 0.507 e. The second-order valence-corrected chi connectivity index (χ2v) is 10.7. The standard InChI is InChI=1S/C30H30N2O4S/c1-35-37-31-21-8-6-7-20(17-21)18-26-28(33)30(36-29(26)34)13-15-32(16-14-30)19-27-24-11-4-2-9-22(24)23-10-3-5-12-25(23)27/h2-12,17,27,31,33H,13-16,18-19H2,1H3. The topological polar surface area (TPSA) is 71.0 Å². The number of fused-ring (bicyclic) bond motifs is 3. The van der Waals surface area contributed by atoms with Crippen LogP contribution in [0.1, 0.15) is 35.4 Å². The van der Waals surface area contributed by atoms with Crippen LogP contribution in [0.25, 0.3) is 11.1 Å². The second kappa shape index (κ2) is 9.89. The highest BCUT2D eigenvalue weighted by molar-refractivity contribution is 7.95. The number of piperidine rings is 1. The highest BCUT2D eigenvalue weighted by Crippen LogP contribution is 2.46. The number of carbonyl (C=O) groups excluding carboxylic acids is 1. The summed E-state index contributed by atoms with van der Waals surface area (Å²) in [5.74, 6) is 0.0250. The van der Waals surface area contributed by atoms with E-state index in [0.717, 1.165) is 43.1 Å². The van der Waals surface area contributed by atoms with E-state index in [9.17, 15) is 9.90 Å². The molecule has 2 N–H and O–H groups in total. The van der Waals surface area contributed by atoms with Gasteiger partial charge in [-0.25, -0.2) is 4.79 Å². The predicted octanol–water partition coefficient (Wildman–Crippen LogP) is 5.87. The maximum Gasteiger partial charge on any atom is 0.338 e. The number of likely N-dealkylation sites (tertiary alicyclic amines) is 1. The van der Waals surface area contributed by atoms with E-state index in [2.05, 4.69) is 58.2 Å². The Kier molecular flexibility index (Phi) is 6.44. The molecule has 0 unspecified atom stereocenters. The Morgan fingerprint density at radius 2 is 1.70 bits per heavy atom. The summed E-state index contributed by atoms with van der Waals surface area (Å²) in [5, 5.41) is 11.2. The van der Waals surface area contributed by atoms with Crippen LogP contribution in [0.2, 0.25) is 0 Å². The number of esters is 1. The van der Waals surface area contributed by atoms with E-state index in [1.54, 1.807) is 7.11 Å². The number of hydrogen-bond acceptors (Lipinski definition) is 7. The summed E-state index contributed by atoms with van der Waals surface area (Å²) in [5.41, 5.74) is 6.66.